The second-order valence-electron chi connectivity index (χ2n) is 6.09. The van der Waals surface area contributed by atoms with Crippen LogP contribution >= 0.6 is 0 Å². The summed E-state index contributed by atoms with van der Waals surface area (Å²) in [6, 6.07) is 13.1. The molecule has 2 heteroatoms. The van der Waals surface area contributed by atoms with E-state index < -0.39 is 5.97 Å². The Morgan fingerprint density at radius 3 is 2.86 bits per heavy atom. The lowest BCUT2D eigenvalue weighted by atomic mass is 9.79. The molecule has 0 saturated carbocycles. The minimum absolute atomic E-state index is 0.226. The van der Waals surface area contributed by atoms with Crippen molar-refractivity contribution in [3.8, 4) is 11.1 Å². The van der Waals surface area contributed by atoms with Crippen LogP contribution in [-0.2, 0) is 17.6 Å². The molecule has 2 aromatic carbocycles. The molecule has 0 fully saturated rings. The van der Waals surface area contributed by atoms with Gasteiger partial charge in [0.1, 0.15) is 0 Å². The highest BCUT2D eigenvalue weighted by Gasteiger charge is 2.33. The van der Waals surface area contributed by atoms with Crippen LogP contribution in [0.3, 0.4) is 0 Å². The highest BCUT2D eigenvalue weighted by atomic mass is 16.4. The molecule has 0 heterocycles. The Morgan fingerprint density at radius 1 is 1.14 bits per heavy atom. The molecule has 21 heavy (non-hydrogen) atoms. The van der Waals surface area contributed by atoms with Gasteiger partial charge < -0.3 is 5.11 Å². The Balaban J connectivity index is 1.85. The van der Waals surface area contributed by atoms with Crippen LogP contribution in [0.15, 0.2) is 36.4 Å². The minimum atomic E-state index is -0.710. The summed E-state index contributed by atoms with van der Waals surface area (Å²) in [6.07, 6.45) is 4.40. The summed E-state index contributed by atoms with van der Waals surface area (Å²) < 4.78 is 0. The van der Waals surface area contributed by atoms with Gasteiger partial charge in [0, 0.05) is 12.3 Å². The molecule has 0 spiro atoms. The minimum Gasteiger partial charge on any atom is -0.481 e. The van der Waals surface area contributed by atoms with Gasteiger partial charge in [0.25, 0.3) is 0 Å². The van der Waals surface area contributed by atoms with Crippen LogP contribution < -0.4 is 0 Å². The van der Waals surface area contributed by atoms with Crippen molar-refractivity contribution in [2.24, 2.45) is 0 Å². The first kappa shape index (κ1) is 12.6. The summed E-state index contributed by atoms with van der Waals surface area (Å²) in [6.45, 7) is 0. The molecule has 1 atom stereocenters. The molecule has 2 aliphatic carbocycles. The summed E-state index contributed by atoms with van der Waals surface area (Å²) in [4.78, 5) is 10.9. The largest absolute Gasteiger partial charge is 0.481 e. The molecule has 0 amide bonds. The van der Waals surface area contributed by atoms with Gasteiger partial charge >= 0.3 is 5.97 Å². The molecule has 106 valence electrons. The number of carboxylic acids is 1. The van der Waals surface area contributed by atoms with Gasteiger partial charge in [-0.1, -0.05) is 36.4 Å². The fraction of sp³-hybridized carbons (Fsp3) is 0.316. The zero-order chi connectivity index (χ0) is 14.4. The van der Waals surface area contributed by atoms with Crippen molar-refractivity contribution in [3.63, 3.8) is 0 Å². The highest BCUT2D eigenvalue weighted by molar-refractivity contribution is 5.81. The van der Waals surface area contributed by atoms with E-state index >= 15 is 0 Å². The zero-order valence-corrected chi connectivity index (χ0v) is 11.9. The summed E-state index contributed by atoms with van der Waals surface area (Å²) >= 11 is 0. The maximum absolute atomic E-state index is 10.9. The van der Waals surface area contributed by atoms with E-state index in [0.717, 1.165) is 6.42 Å². The Kier molecular flexibility index (Phi) is 2.85. The van der Waals surface area contributed by atoms with Gasteiger partial charge in [0.15, 0.2) is 0 Å². The smallest absolute Gasteiger partial charge is 0.303 e. The molecule has 0 radical (unpaired) electrons. The van der Waals surface area contributed by atoms with E-state index in [1.165, 1.54) is 46.2 Å². The van der Waals surface area contributed by atoms with Crippen molar-refractivity contribution in [2.75, 3.05) is 0 Å². The van der Waals surface area contributed by atoms with Crippen molar-refractivity contribution in [1.29, 1.82) is 0 Å². The monoisotopic (exact) mass is 278 g/mol. The maximum atomic E-state index is 10.9. The molecule has 0 saturated heterocycles. The quantitative estimate of drug-likeness (QED) is 0.915. The predicted molar refractivity (Wildman–Crippen MR) is 82.6 cm³/mol. The first-order valence-electron chi connectivity index (χ1n) is 7.71. The van der Waals surface area contributed by atoms with Crippen LogP contribution in [0.25, 0.3) is 11.1 Å². The van der Waals surface area contributed by atoms with Gasteiger partial charge in [0.2, 0.25) is 0 Å². The maximum Gasteiger partial charge on any atom is 0.303 e. The number of hydrogen-bond donors (Lipinski definition) is 1. The van der Waals surface area contributed by atoms with E-state index in [1.807, 2.05) is 0 Å². The molecule has 2 aliphatic rings. The number of carbonyl (C=O) groups is 1. The number of aliphatic carboxylic acids is 1. The van der Waals surface area contributed by atoms with Gasteiger partial charge in [-0.05, 0) is 59.1 Å². The molecular formula is C19H18O2. The fourth-order valence-electron chi connectivity index (χ4n) is 4.10. The number of benzene rings is 2. The molecule has 0 aliphatic heterocycles. The van der Waals surface area contributed by atoms with Gasteiger partial charge in [-0.25, -0.2) is 0 Å². The first-order chi connectivity index (χ1) is 10.3. The molecule has 1 unspecified atom stereocenters. The van der Waals surface area contributed by atoms with E-state index in [-0.39, 0.29) is 6.42 Å². The van der Waals surface area contributed by atoms with Gasteiger partial charge in [-0.3, -0.25) is 4.79 Å². The lowest BCUT2D eigenvalue weighted by molar-refractivity contribution is -0.136. The summed E-state index contributed by atoms with van der Waals surface area (Å²) in [7, 11) is 0. The second kappa shape index (κ2) is 4.73. The topological polar surface area (TPSA) is 37.3 Å². The Morgan fingerprint density at radius 2 is 2.00 bits per heavy atom. The Hall–Kier alpha value is -2.09. The van der Waals surface area contributed by atoms with Crippen LogP contribution in [-0.4, -0.2) is 11.1 Å². The van der Waals surface area contributed by atoms with Crippen LogP contribution in [0.4, 0.5) is 0 Å². The number of aryl methyl sites for hydroxylation is 1. The van der Waals surface area contributed by atoms with Gasteiger partial charge in [0.05, 0.1) is 0 Å². The summed E-state index contributed by atoms with van der Waals surface area (Å²) in [5, 5.41) is 8.94. The lowest BCUT2D eigenvalue weighted by Gasteiger charge is -2.25. The number of fused-ring (bicyclic) bond motifs is 3. The van der Waals surface area contributed by atoms with Crippen molar-refractivity contribution in [3.05, 3.63) is 58.7 Å². The van der Waals surface area contributed by atoms with Crippen molar-refractivity contribution >= 4 is 5.97 Å². The molecule has 2 nitrogen and oxygen atoms in total. The predicted octanol–water partition coefficient (Wildman–Crippen LogP) is 4.15. The molecule has 0 aromatic heterocycles. The SMILES string of the molecule is O=C(O)CCc1ccc2c3c1CCCC3c1ccccc1-2. The van der Waals surface area contributed by atoms with E-state index in [1.54, 1.807) is 0 Å². The molecule has 0 bridgehead atoms. The van der Waals surface area contributed by atoms with Gasteiger partial charge in [-0.15, -0.1) is 0 Å². The average Bonchev–Trinajstić information content (AvgIpc) is 2.83. The second-order valence-corrected chi connectivity index (χ2v) is 6.09. The van der Waals surface area contributed by atoms with E-state index in [9.17, 15) is 4.79 Å². The molecule has 2 aromatic rings. The third kappa shape index (κ3) is 1.90. The fourth-order valence-corrected chi connectivity index (χ4v) is 4.10. The summed E-state index contributed by atoms with van der Waals surface area (Å²) in [5.74, 6) is -0.178. The van der Waals surface area contributed by atoms with Crippen LogP contribution in [0.1, 0.15) is 47.4 Å². The van der Waals surface area contributed by atoms with Crippen molar-refractivity contribution in [1.82, 2.24) is 0 Å². The van der Waals surface area contributed by atoms with Crippen LogP contribution in [0.2, 0.25) is 0 Å². The number of carboxylic acid groups (broad SMARTS) is 1. The van der Waals surface area contributed by atoms with Gasteiger partial charge in [-0.2, -0.15) is 0 Å². The van der Waals surface area contributed by atoms with E-state index in [4.69, 9.17) is 5.11 Å². The standard InChI is InChI=1S/C19H18O2/c20-18(21)11-9-12-8-10-17-15-5-2-1-4-14(15)16-7-3-6-13(12)19(16)17/h1-2,4-5,8,10,16H,3,6-7,9,11H2,(H,20,21). The van der Waals surface area contributed by atoms with E-state index in [0.29, 0.717) is 12.3 Å². The number of rotatable bonds is 3. The molecule has 4 rings (SSSR count). The Bertz CT molecular complexity index is 730. The van der Waals surface area contributed by atoms with E-state index in [2.05, 4.69) is 36.4 Å². The summed E-state index contributed by atoms with van der Waals surface area (Å²) in [5.41, 5.74) is 8.39. The first-order valence-corrected chi connectivity index (χ1v) is 7.71. The highest BCUT2D eigenvalue weighted by Crippen LogP contribution is 2.51. The lowest BCUT2D eigenvalue weighted by Crippen LogP contribution is -2.11. The average molecular weight is 278 g/mol. The Labute approximate surface area is 124 Å². The third-order valence-corrected chi connectivity index (χ3v) is 4.96. The normalized spacial score (nSPS) is 18.2. The molecular weight excluding hydrogens is 260 g/mol. The third-order valence-electron chi connectivity index (χ3n) is 4.96. The van der Waals surface area contributed by atoms with Crippen LogP contribution in [0.5, 0.6) is 0 Å². The molecule has 1 N–H and O–H groups in total. The zero-order valence-electron chi connectivity index (χ0n) is 11.9. The van der Waals surface area contributed by atoms with Crippen molar-refractivity contribution in [2.45, 2.75) is 38.0 Å². The van der Waals surface area contributed by atoms with Crippen LogP contribution in [0, 0.1) is 0 Å². The van der Waals surface area contributed by atoms with Crippen molar-refractivity contribution < 1.29 is 9.90 Å². The number of hydrogen-bond acceptors (Lipinski definition) is 1.